The first-order valence-electron chi connectivity index (χ1n) is 11.0. The lowest BCUT2D eigenvalue weighted by Gasteiger charge is -2.11. The van der Waals surface area contributed by atoms with Gasteiger partial charge in [-0.15, -0.1) is 10.2 Å². The molecule has 0 saturated carbocycles. The Morgan fingerprint density at radius 3 is 2.66 bits per heavy atom. The SMILES string of the molecule is Cc1cccc(-c2nnc([C@@H](C)OC(=O)CCc3nc4cc(S(=O)(=O)N(C)C)ccc4n3C)o2)c1. The monoisotopic (exact) mass is 497 g/mol. The van der Waals surface area contributed by atoms with Crippen LogP contribution in [0, 0.1) is 6.92 Å². The quantitative estimate of drug-likeness (QED) is 0.340. The Balaban J connectivity index is 1.41. The molecule has 10 nitrogen and oxygen atoms in total. The van der Waals surface area contributed by atoms with Crippen molar-refractivity contribution in [3.63, 3.8) is 0 Å². The molecular formula is C24H27N5O5S. The van der Waals surface area contributed by atoms with Crippen LogP contribution in [0.5, 0.6) is 0 Å². The Labute approximate surface area is 203 Å². The van der Waals surface area contributed by atoms with E-state index in [1.165, 1.54) is 20.2 Å². The highest BCUT2D eigenvalue weighted by molar-refractivity contribution is 7.89. The fraction of sp³-hybridized carbons (Fsp3) is 0.333. The zero-order valence-electron chi connectivity index (χ0n) is 20.2. The van der Waals surface area contributed by atoms with E-state index in [1.807, 2.05) is 42.8 Å². The lowest BCUT2D eigenvalue weighted by Crippen LogP contribution is -2.22. The molecule has 1 atom stereocenters. The second kappa shape index (κ2) is 9.59. The first-order valence-corrected chi connectivity index (χ1v) is 12.5. The van der Waals surface area contributed by atoms with Gasteiger partial charge in [-0.1, -0.05) is 17.7 Å². The van der Waals surface area contributed by atoms with Crippen molar-refractivity contribution in [3.8, 4) is 11.5 Å². The summed E-state index contributed by atoms with van der Waals surface area (Å²) in [6.07, 6.45) is -0.290. The number of aromatic nitrogens is 4. The Bertz CT molecular complexity index is 1490. The van der Waals surface area contributed by atoms with Gasteiger partial charge >= 0.3 is 5.97 Å². The summed E-state index contributed by atoms with van der Waals surface area (Å²) in [5, 5.41) is 8.07. The summed E-state index contributed by atoms with van der Waals surface area (Å²) in [5.41, 5.74) is 3.18. The van der Waals surface area contributed by atoms with Crippen molar-refractivity contribution in [2.75, 3.05) is 14.1 Å². The normalized spacial score (nSPS) is 12.9. The van der Waals surface area contributed by atoms with Gasteiger partial charge in [0.05, 0.1) is 22.3 Å². The minimum atomic E-state index is -3.57. The van der Waals surface area contributed by atoms with Gasteiger partial charge in [-0.3, -0.25) is 4.79 Å². The molecule has 11 heteroatoms. The van der Waals surface area contributed by atoms with Crippen LogP contribution in [-0.4, -0.2) is 52.5 Å². The summed E-state index contributed by atoms with van der Waals surface area (Å²) < 4.78 is 39.0. The maximum Gasteiger partial charge on any atom is 0.307 e. The van der Waals surface area contributed by atoms with E-state index in [0.717, 1.165) is 20.9 Å². The van der Waals surface area contributed by atoms with E-state index in [9.17, 15) is 13.2 Å². The lowest BCUT2D eigenvalue weighted by molar-refractivity contribution is -0.149. The van der Waals surface area contributed by atoms with E-state index in [2.05, 4.69) is 15.2 Å². The van der Waals surface area contributed by atoms with Crippen molar-refractivity contribution >= 4 is 27.0 Å². The zero-order chi connectivity index (χ0) is 25.3. The molecule has 2 aromatic carbocycles. The van der Waals surface area contributed by atoms with Gasteiger partial charge in [0.2, 0.25) is 15.9 Å². The standard InChI is InChI=1S/C24H27N5O5S/c1-15-7-6-8-17(13-15)24-27-26-23(34-24)16(2)33-22(30)12-11-21-25-19-14-18(35(31,32)28(3)4)9-10-20(19)29(21)5/h6-10,13-14,16H,11-12H2,1-5H3/t16-/m1/s1. The van der Waals surface area contributed by atoms with Crippen LogP contribution in [-0.2, 0) is 33.0 Å². The summed E-state index contributed by atoms with van der Waals surface area (Å²) in [7, 11) is 1.22. The molecule has 4 aromatic rings. The summed E-state index contributed by atoms with van der Waals surface area (Å²) >= 11 is 0. The van der Waals surface area contributed by atoms with Gasteiger partial charge in [-0.05, 0) is 44.2 Å². The average molecular weight is 498 g/mol. The maximum atomic E-state index is 12.5. The molecule has 0 spiro atoms. The van der Waals surface area contributed by atoms with E-state index in [0.29, 0.717) is 23.7 Å². The molecule has 2 heterocycles. The van der Waals surface area contributed by atoms with Crippen LogP contribution in [0.4, 0.5) is 0 Å². The second-order valence-electron chi connectivity index (χ2n) is 8.47. The molecule has 0 bridgehead atoms. The van der Waals surface area contributed by atoms with Gasteiger partial charge in [0, 0.05) is 33.1 Å². The molecule has 2 aromatic heterocycles. The molecular weight excluding hydrogens is 470 g/mol. The van der Waals surface area contributed by atoms with Crippen LogP contribution in [0.2, 0.25) is 0 Å². The largest absolute Gasteiger partial charge is 0.453 e. The number of nitrogens with zero attached hydrogens (tertiary/aromatic N) is 5. The summed E-state index contributed by atoms with van der Waals surface area (Å²) in [5.74, 6) is 0.786. The fourth-order valence-electron chi connectivity index (χ4n) is 3.64. The molecule has 0 aliphatic heterocycles. The van der Waals surface area contributed by atoms with Gasteiger partial charge in [0.1, 0.15) is 5.82 Å². The van der Waals surface area contributed by atoms with Crippen molar-refractivity contribution in [1.82, 2.24) is 24.1 Å². The maximum absolute atomic E-state index is 12.5. The van der Waals surface area contributed by atoms with Crippen molar-refractivity contribution in [1.29, 1.82) is 0 Å². The molecule has 184 valence electrons. The number of hydrogen-bond acceptors (Lipinski definition) is 8. The lowest BCUT2D eigenvalue weighted by atomic mass is 10.1. The van der Waals surface area contributed by atoms with E-state index < -0.39 is 22.1 Å². The molecule has 35 heavy (non-hydrogen) atoms. The Kier molecular flexibility index (Phi) is 6.73. The number of fused-ring (bicyclic) bond motifs is 1. The van der Waals surface area contributed by atoms with Crippen LogP contribution >= 0.6 is 0 Å². The van der Waals surface area contributed by atoms with Gasteiger partial charge in [0.25, 0.3) is 5.89 Å². The first kappa shape index (κ1) is 24.6. The highest BCUT2D eigenvalue weighted by Crippen LogP contribution is 2.24. The molecule has 0 fully saturated rings. The van der Waals surface area contributed by atoms with Crippen LogP contribution in [0.1, 0.15) is 36.7 Å². The molecule has 0 aliphatic rings. The molecule has 0 saturated heterocycles. The topological polar surface area (TPSA) is 120 Å². The van der Waals surface area contributed by atoms with Crippen LogP contribution in [0.15, 0.2) is 51.8 Å². The highest BCUT2D eigenvalue weighted by Gasteiger charge is 2.21. The number of carbonyl (C=O) groups excluding carboxylic acids is 1. The van der Waals surface area contributed by atoms with Crippen molar-refractivity contribution in [2.24, 2.45) is 7.05 Å². The Hall–Kier alpha value is -3.57. The predicted molar refractivity (Wildman–Crippen MR) is 129 cm³/mol. The van der Waals surface area contributed by atoms with E-state index in [4.69, 9.17) is 9.15 Å². The Morgan fingerprint density at radius 1 is 1.17 bits per heavy atom. The third-order valence-corrected chi connectivity index (χ3v) is 7.45. The molecule has 0 amide bonds. The fourth-order valence-corrected chi connectivity index (χ4v) is 4.56. The Morgan fingerprint density at radius 2 is 1.94 bits per heavy atom. The number of carbonyl (C=O) groups is 1. The van der Waals surface area contributed by atoms with Gasteiger partial charge in [0.15, 0.2) is 6.10 Å². The number of benzene rings is 2. The third kappa shape index (κ3) is 5.10. The smallest absolute Gasteiger partial charge is 0.307 e. The molecule has 0 unspecified atom stereocenters. The van der Waals surface area contributed by atoms with Crippen molar-refractivity contribution in [3.05, 3.63) is 59.7 Å². The average Bonchev–Trinajstić information content (AvgIpc) is 3.43. The van der Waals surface area contributed by atoms with Crippen LogP contribution in [0.3, 0.4) is 0 Å². The second-order valence-corrected chi connectivity index (χ2v) is 10.6. The number of imidazole rings is 1. The molecule has 4 rings (SSSR count). The molecule has 0 aliphatic carbocycles. The summed E-state index contributed by atoms with van der Waals surface area (Å²) in [4.78, 5) is 17.2. The van der Waals surface area contributed by atoms with Crippen molar-refractivity contribution < 1.29 is 22.4 Å². The third-order valence-electron chi connectivity index (χ3n) is 5.64. The number of rotatable bonds is 8. The summed E-state index contributed by atoms with van der Waals surface area (Å²) in [6.45, 7) is 3.65. The predicted octanol–water partition coefficient (Wildman–Crippen LogP) is 3.42. The van der Waals surface area contributed by atoms with Gasteiger partial charge in [-0.25, -0.2) is 17.7 Å². The van der Waals surface area contributed by atoms with E-state index in [-0.39, 0.29) is 17.2 Å². The first-order chi connectivity index (χ1) is 16.6. The number of hydrogen-bond donors (Lipinski definition) is 0. The number of ether oxygens (including phenoxy) is 1. The highest BCUT2D eigenvalue weighted by atomic mass is 32.2. The molecule has 0 N–H and O–H groups in total. The van der Waals surface area contributed by atoms with Gasteiger partial charge < -0.3 is 13.7 Å². The van der Waals surface area contributed by atoms with Crippen molar-refractivity contribution in [2.45, 2.75) is 37.7 Å². The number of aryl methyl sites for hydroxylation is 3. The number of esters is 1. The van der Waals surface area contributed by atoms with E-state index in [1.54, 1.807) is 19.1 Å². The molecule has 0 radical (unpaired) electrons. The zero-order valence-corrected chi connectivity index (χ0v) is 21.0. The minimum Gasteiger partial charge on any atom is -0.453 e. The minimum absolute atomic E-state index is 0.0865. The summed E-state index contributed by atoms with van der Waals surface area (Å²) in [6, 6.07) is 12.5. The van der Waals surface area contributed by atoms with Crippen LogP contribution in [0.25, 0.3) is 22.5 Å². The van der Waals surface area contributed by atoms with Crippen LogP contribution < -0.4 is 0 Å². The number of sulfonamides is 1. The van der Waals surface area contributed by atoms with Gasteiger partial charge in [-0.2, -0.15) is 0 Å². The van der Waals surface area contributed by atoms with E-state index >= 15 is 0 Å².